The van der Waals surface area contributed by atoms with Crippen LogP contribution in [0.25, 0.3) is 0 Å². The van der Waals surface area contributed by atoms with Crippen LogP contribution >= 0.6 is 0 Å². The molecule has 0 N–H and O–H groups in total. The standard InChI is InChI=1S/C15H20O2/c1-3-17-14-8-6-12(7-9-14)15(16)13-5-4-11(2)10-13/h6-9,11,13H,3-5,10H2,1-2H3. The van der Waals surface area contributed by atoms with E-state index >= 15 is 0 Å². The largest absolute Gasteiger partial charge is 0.494 e. The summed E-state index contributed by atoms with van der Waals surface area (Å²) in [6, 6.07) is 7.54. The van der Waals surface area contributed by atoms with Gasteiger partial charge < -0.3 is 4.74 Å². The van der Waals surface area contributed by atoms with Gasteiger partial charge in [-0.2, -0.15) is 0 Å². The lowest BCUT2D eigenvalue weighted by Gasteiger charge is -2.09. The molecule has 0 radical (unpaired) electrons. The van der Waals surface area contributed by atoms with Gasteiger partial charge in [-0.3, -0.25) is 4.79 Å². The molecule has 2 unspecified atom stereocenters. The maximum Gasteiger partial charge on any atom is 0.165 e. The van der Waals surface area contributed by atoms with E-state index in [1.807, 2.05) is 31.2 Å². The smallest absolute Gasteiger partial charge is 0.165 e. The van der Waals surface area contributed by atoms with Gasteiger partial charge in [0.2, 0.25) is 0 Å². The van der Waals surface area contributed by atoms with Crippen LogP contribution in [0, 0.1) is 11.8 Å². The Labute approximate surface area is 103 Å². The molecule has 2 rings (SSSR count). The maximum atomic E-state index is 12.2. The monoisotopic (exact) mass is 232 g/mol. The van der Waals surface area contributed by atoms with E-state index in [-0.39, 0.29) is 5.92 Å². The number of hydrogen-bond acceptors (Lipinski definition) is 2. The summed E-state index contributed by atoms with van der Waals surface area (Å²) < 4.78 is 5.37. The van der Waals surface area contributed by atoms with E-state index in [0.717, 1.165) is 24.2 Å². The zero-order valence-electron chi connectivity index (χ0n) is 10.6. The van der Waals surface area contributed by atoms with Crippen molar-refractivity contribution in [2.75, 3.05) is 6.61 Å². The summed E-state index contributed by atoms with van der Waals surface area (Å²) in [4.78, 5) is 12.2. The van der Waals surface area contributed by atoms with Crippen molar-refractivity contribution in [1.82, 2.24) is 0 Å². The van der Waals surface area contributed by atoms with Crippen LogP contribution in [0.5, 0.6) is 5.75 Å². The zero-order chi connectivity index (χ0) is 12.3. The van der Waals surface area contributed by atoms with Gasteiger partial charge in [0.15, 0.2) is 5.78 Å². The lowest BCUT2D eigenvalue weighted by molar-refractivity contribution is 0.0920. The predicted molar refractivity (Wildman–Crippen MR) is 68.4 cm³/mol. The van der Waals surface area contributed by atoms with Crippen molar-refractivity contribution in [1.29, 1.82) is 0 Å². The van der Waals surface area contributed by atoms with E-state index in [4.69, 9.17) is 4.74 Å². The second kappa shape index (κ2) is 5.35. The van der Waals surface area contributed by atoms with E-state index in [2.05, 4.69) is 6.92 Å². The average Bonchev–Trinajstić information content (AvgIpc) is 2.76. The van der Waals surface area contributed by atoms with E-state index in [1.165, 1.54) is 6.42 Å². The highest BCUT2D eigenvalue weighted by Crippen LogP contribution is 2.32. The number of ether oxygens (including phenoxy) is 1. The number of hydrogen-bond donors (Lipinski definition) is 0. The molecule has 1 aliphatic carbocycles. The van der Waals surface area contributed by atoms with Crippen LogP contribution in [-0.4, -0.2) is 12.4 Å². The Hall–Kier alpha value is -1.31. The van der Waals surface area contributed by atoms with Crippen molar-refractivity contribution in [3.63, 3.8) is 0 Å². The number of rotatable bonds is 4. The van der Waals surface area contributed by atoms with Gasteiger partial charge in [-0.1, -0.05) is 6.92 Å². The molecule has 0 aliphatic heterocycles. The van der Waals surface area contributed by atoms with Crippen molar-refractivity contribution in [2.45, 2.75) is 33.1 Å². The molecule has 1 aromatic rings. The molecule has 0 heterocycles. The molecular formula is C15H20O2. The first-order valence-electron chi connectivity index (χ1n) is 6.47. The maximum absolute atomic E-state index is 12.2. The Morgan fingerprint density at radius 2 is 2.00 bits per heavy atom. The number of carbonyl (C=O) groups excluding carboxylic acids is 1. The lowest BCUT2D eigenvalue weighted by Crippen LogP contribution is -2.11. The van der Waals surface area contributed by atoms with E-state index in [9.17, 15) is 4.79 Å². The highest BCUT2D eigenvalue weighted by atomic mass is 16.5. The molecule has 0 saturated heterocycles. The molecule has 0 aromatic heterocycles. The summed E-state index contributed by atoms with van der Waals surface area (Å²) in [5.74, 6) is 2.08. The first-order chi connectivity index (χ1) is 8.20. The minimum Gasteiger partial charge on any atom is -0.494 e. The fraction of sp³-hybridized carbons (Fsp3) is 0.533. The van der Waals surface area contributed by atoms with Gasteiger partial charge in [-0.25, -0.2) is 0 Å². The van der Waals surface area contributed by atoms with Crippen molar-refractivity contribution in [2.24, 2.45) is 11.8 Å². The van der Waals surface area contributed by atoms with Crippen LogP contribution < -0.4 is 4.74 Å². The minimum atomic E-state index is 0.239. The normalized spacial score (nSPS) is 23.6. The third kappa shape index (κ3) is 2.87. The molecule has 0 bridgehead atoms. The first-order valence-corrected chi connectivity index (χ1v) is 6.47. The molecule has 0 amide bonds. The summed E-state index contributed by atoms with van der Waals surface area (Å²) in [6.45, 7) is 4.85. The van der Waals surface area contributed by atoms with Crippen molar-refractivity contribution >= 4 is 5.78 Å². The second-order valence-electron chi connectivity index (χ2n) is 4.94. The van der Waals surface area contributed by atoms with Gasteiger partial charge in [0.1, 0.15) is 5.75 Å². The van der Waals surface area contributed by atoms with Crippen LogP contribution in [0.1, 0.15) is 43.5 Å². The highest BCUT2D eigenvalue weighted by Gasteiger charge is 2.27. The van der Waals surface area contributed by atoms with E-state index in [0.29, 0.717) is 18.3 Å². The summed E-state index contributed by atoms with van der Waals surface area (Å²) in [5.41, 5.74) is 0.826. The van der Waals surface area contributed by atoms with Crippen molar-refractivity contribution in [3.8, 4) is 5.75 Å². The summed E-state index contributed by atoms with van der Waals surface area (Å²) in [5, 5.41) is 0. The molecule has 92 valence electrons. The molecule has 1 saturated carbocycles. The molecule has 2 atom stereocenters. The topological polar surface area (TPSA) is 26.3 Å². The summed E-state index contributed by atoms with van der Waals surface area (Å²) in [7, 11) is 0. The Morgan fingerprint density at radius 3 is 2.53 bits per heavy atom. The Morgan fingerprint density at radius 1 is 1.29 bits per heavy atom. The molecule has 17 heavy (non-hydrogen) atoms. The molecule has 1 aliphatic rings. The molecular weight excluding hydrogens is 212 g/mol. The predicted octanol–water partition coefficient (Wildman–Crippen LogP) is 3.70. The third-order valence-electron chi connectivity index (χ3n) is 3.52. The Bertz CT molecular complexity index is 380. The van der Waals surface area contributed by atoms with Crippen LogP contribution in [-0.2, 0) is 0 Å². The number of carbonyl (C=O) groups is 1. The van der Waals surface area contributed by atoms with Crippen LogP contribution in [0.3, 0.4) is 0 Å². The zero-order valence-corrected chi connectivity index (χ0v) is 10.6. The summed E-state index contributed by atoms with van der Waals surface area (Å²) >= 11 is 0. The number of Topliss-reactive ketones (excluding diaryl/α,β-unsaturated/α-hetero) is 1. The number of benzene rings is 1. The SMILES string of the molecule is CCOc1ccc(C(=O)C2CCC(C)C2)cc1. The quantitative estimate of drug-likeness (QED) is 0.740. The average molecular weight is 232 g/mol. The van der Waals surface area contributed by atoms with Gasteiger partial charge >= 0.3 is 0 Å². The first kappa shape index (κ1) is 12.2. The second-order valence-corrected chi connectivity index (χ2v) is 4.94. The molecule has 1 aromatic carbocycles. The third-order valence-corrected chi connectivity index (χ3v) is 3.52. The van der Waals surface area contributed by atoms with Gasteiger partial charge in [0, 0.05) is 11.5 Å². The Balaban J connectivity index is 2.04. The Kier molecular flexibility index (Phi) is 3.82. The van der Waals surface area contributed by atoms with Gasteiger partial charge in [0.05, 0.1) is 6.61 Å². The van der Waals surface area contributed by atoms with Gasteiger partial charge in [0.25, 0.3) is 0 Å². The van der Waals surface area contributed by atoms with Crippen LogP contribution in [0.15, 0.2) is 24.3 Å². The fourth-order valence-electron chi connectivity index (χ4n) is 2.56. The van der Waals surface area contributed by atoms with Gasteiger partial charge in [-0.15, -0.1) is 0 Å². The highest BCUT2D eigenvalue weighted by molar-refractivity contribution is 5.98. The fourth-order valence-corrected chi connectivity index (χ4v) is 2.56. The van der Waals surface area contributed by atoms with Crippen molar-refractivity contribution in [3.05, 3.63) is 29.8 Å². The van der Waals surface area contributed by atoms with Crippen LogP contribution in [0.4, 0.5) is 0 Å². The van der Waals surface area contributed by atoms with Crippen molar-refractivity contribution < 1.29 is 9.53 Å². The van der Waals surface area contributed by atoms with Crippen LogP contribution in [0.2, 0.25) is 0 Å². The molecule has 0 spiro atoms. The number of ketones is 1. The summed E-state index contributed by atoms with van der Waals surface area (Å²) in [6.07, 6.45) is 3.28. The van der Waals surface area contributed by atoms with E-state index < -0.39 is 0 Å². The minimum absolute atomic E-state index is 0.239. The lowest BCUT2D eigenvalue weighted by atomic mass is 9.95. The molecule has 1 fully saturated rings. The molecule has 2 nitrogen and oxygen atoms in total. The van der Waals surface area contributed by atoms with Gasteiger partial charge in [-0.05, 0) is 56.4 Å². The van der Waals surface area contributed by atoms with E-state index in [1.54, 1.807) is 0 Å². The molecule has 2 heteroatoms.